The molecular formula is C19H18O. The second kappa shape index (κ2) is 4.68. The summed E-state index contributed by atoms with van der Waals surface area (Å²) in [5.74, 6) is 0.313. The molecule has 0 aromatic heterocycles. The molecule has 0 amide bonds. The minimum absolute atomic E-state index is 0.0344. The molecule has 0 bridgehead atoms. The van der Waals surface area contributed by atoms with Crippen LogP contribution in [0.1, 0.15) is 25.0 Å². The maximum atomic E-state index is 9.54. The van der Waals surface area contributed by atoms with E-state index in [9.17, 15) is 5.11 Å². The van der Waals surface area contributed by atoms with E-state index in [0.29, 0.717) is 5.75 Å². The van der Waals surface area contributed by atoms with Gasteiger partial charge in [0.15, 0.2) is 0 Å². The van der Waals surface area contributed by atoms with Gasteiger partial charge >= 0.3 is 0 Å². The summed E-state index contributed by atoms with van der Waals surface area (Å²) in [7, 11) is 0. The van der Waals surface area contributed by atoms with Crippen molar-refractivity contribution < 1.29 is 5.11 Å². The van der Waals surface area contributed by atoms with Gasteiger partial charge in [0, 0.05) is 5.41 Å². The van der Waals surface area contributed by atoms with Crippen LogP contribution in [0.15, 0.2) is 66.7 Å². The minimum atomic E-state index is -0.0344. The van der Waals surface area contributed by atoms with Crippen LogP contribution < -0.4 is 0 Å². The maximum Gasteiger partial charge on any atom is 0.116 e. The molecule has 3 aromatic rings. The average Bonchev–Trinajstić information content (AvgIpc) is 2.47. The number of phenolic OH excluding ortho intramolecular Hbond substituents is 1. The highest BCUT2D eigenvalue weighted by Gasteiger charge is 2.22. The van der Waals surface area contributed by atoms with E-state index in [1.807, 2.05) is 12.1 Å². The van der Waals surface area contributed by atoms with Gasteiger partial charge in [-0.1, -0.05) is 68.4 Å². The van der Waals surface area contributed by atoms with Gasteiger partial charge in [-0.3, -0.25) is 0 Å². The van der Waals surface area contributed by atoms with Crippen LogP contribution in [-0.2, 0) is 5.41 Å². The Labute approximate surface area is 119 Å². The van der Waals surface area contributed by atoms with Crippen molar-refractivity contribution in [3.8, 4) is 5.75 Å². The molecule has 1 heteroatoms. The summed E-state index contributed by atoms with van der Waals surface area (Å²) in [6, 6.07) is 22.5. The Hall–Kier alpha value is -2.28. The quantitative estimate of drug-likeness (QED) is 0.698. The van der Waals surface area contributed by atoms with Crippen molar-refractivity contribution in [3.63, 3.8) is 0 Å². The predicted molar refractivity (Wildman–Crippen MR) is 84.2 cm³/mol. The van der Waals surface area contributed by atoms with E-state index in [4.69, 9.17) is 0 Å². The molecule has 0 aliphatic heterocycles. The third-order valence-corrected chi connectivity index (χ3v) is 4.04. The van der Waals surface area contributed by atoms with Gasteiger partial charge < -0.3 is 5.11 Å². The fraction of sp³-hybridized carbons (Fsp3) is 0.158. The first-order valence-electron chi connectivity index (χ1n) is 6.86. The molecule has 3 aromatic carbocycles. The Morgan fingerprint density at radius 3 is 2.10 bits per heavy atom. The summed E-state index contributed by atoms with van der Waals surface area (Å²) >= 11 is 0. The van der Waals surface area contributed by atoms with Crippen LogP contribution in [0.5, 0.6) is 5.75 Å². The molecule has 3 rings (SSSR count). The average molecular weight is 262 g/mol. The lowest BCUT2D eigenvalue weighted by Gasteiger charge is -2.26. The van der Waals surface area contributed by atoms with Crippen molar-refractivity contribution in [1.82, 2.24) is 0 Å². The molecule has 0 saturated heterocycles. The highest BCUT2D eigenvalue weighted by molar-refractivity contribution is 5.84. The zero-order valence-corrected chi connectivity index (χ0v) is 11.8. The molecule has 20 heavy (non-hydrogen) atoms. The zero-order valence-electron chi connectivity index (χ0n) is 11.8. The van der Waals surface area contributed by atoms with Gasteiger partial charge in [-0.2, -0.15) is 0 Å². The second-order valence-electron chi connectivity index (χ2n) is 5.74. The highest BCUT2D eigenvalue weighted by atomic mass is 16.3. The molecular weight excluding hydrogens is 244 g/mol. The monoisotopic (exact) mass is 262 g/mol. The van der Waals surface area contributed by atoms with Crippen molar-refractivity contribution >= 4 is 10.8 Å². The van der Waals surface area contributed by atoms with Gasteiger partial charge in [-0.05, 0) is 34.0 Å². The first kappa shape index (κ1) is 12.7. The van der Waals surface area contributed by atoms with Crippen LogP contribution in [0.4, 0.5) is 0 Å². The largest absolute Gasteiger partial charge is 0.508 e. The molecule has 0 atom stereocenters. The van der Waals surface area contributed by atoms with E-state index in [1.165, 1.54) is 11.1 Å². The van der Waals surface area contributed by atoms with E-state index in [2.05, 4.69) is 56.3 Å². The van der Waals surface area contributed by atoms with Gasteiger partial charge in [-0.25, -0.2) is 0 Å². The molecule has 0 saturated carbocycles. The second-order valence-corrected chi connectivity index (χ2v) is 5.74. The maximum absolute atomic E-state index is 9.54. The molecule has 0 aliphatic carbocycles. The minimum Gasteiger partial charge on any atom is -0.508 e. The molecule has 0 aliphatic rings. The Balaban J connectivity index is 2.12. The van der Waals surface area contributed by atoms with E-state index < -0.39 is 0 Å². The van der Waals surface area contributed by atoms with E-state index in [0.717, 1.165) is 10.8 Å². The Morgan fingerprint density at radius 2 is 1.35 bits per heavy atom. The zero-order chi connectivity index (χ0) is 14.2. The summed E-state index contributed by atoms with van der Waals surface area (Å²) < 4.78 is 0. The summed E-state index contributed by atoms with van der Waals surface area (Å²) in [5, 5.41) is 11.8. The van der Waals surface area contributed by atoms with Crippen LogP contribution in [0.25, 0.3) is 10.8 Å². The van der Waals surface area contributed by atoms with E-state index in [1.54, 1.807) is 12.1 Å². The van der Waals surface area contributed by atoms with Gasteiger partial charge in [0.25, 0.3) is 0 Å². The molecule has 1 nitrogen and oxygen atoms in total. The van der Waals surface area contributed by atoms with Crippen molar-refractivity contribution in [2.24, 2.45) is 0 Å². The molecule has 0 spiro atoms. The Kier molecular flexibility index (Phi) is 2.98. The standard InChI is InChI=1S/C19H18O/c1-19(2,16-6-4-3-5-7-16)17-10-8-15-13-18(20)11-9-14(15)12-17/h3-13,20H,1-2H3. The van der Waals surface area contributed by atoms with Crippen molar-refractivity contribution in [2.45, 2.75) is 19.3 Å². The Morgan fingerprint density at radius 1 is 0.700 bits per heavy atom. The number of fused-ring (bicyclic) bond motifs is 1. The van der Waals surface area contributed by atoms with Crippen LogP contribution in [-0.4, -0.2) is 5.11 Å². The van der Waals surface area contributed by atoms with Crippen LogP contribution in [0.3, 0.4) is 0 Å². The number of hydrogen-bond acceptors (Lipinski definition) is 1. The SMILES string of the molecule is CC(C)(c1ccccc1)c1ccc2cc(O)ccc2c1. The molecule has 0 fully saturated rings. The smallest absolute Gasteiger partial charge is 0.116 e. The summed E-state index contributed by atoms with van der Waals surface area (Å²) in [5.41, 5.74) is 2.55. The van der Waals surface area contributed by atoms with Gasteiger partial charge in [0.05, 0.1) is 0 Å². The molecule has 100 valence electrons. The number of phenols is 1. The van der Waals surface area contributed by atoms with Crippen molar-refractivity contribution in [1.29, 1.82) is 0 Å². The van der Waals surface area contributed by atoms with Crippen LogP contribution in [0.2, 0.25) is 0 Å². The first-order valence-corrected chi connectivity index (χ1v) is 6.86. The van der Waals surface area contributed by atoms with Gasteiger partial charge in [-0.15, -0.1) is 0 Å². The molecule has 0 heterocycles. The van der Waals surface area contributed by atoms with E-state index in [-0.39, 0.29) is 5.41 Å². The molecule has 0 radical (unpaired) electrons. The molecule has 0 unspecified atom stereocenters. The lowest BCUT2D eigenvalue weighted by atomic mass is 9.77. The first-order chi connectivity index (χ1) is 9.57. The number of rotatable bonds is 2. The normalized spacial score (nSPS) is 11.7. The number of benzene rings is 3. The van der Waals surface area contributed by atoms with Crippen LogP contribution >= 0.6 is 0 Å². The fourth-order valence-electron chi connectivity index (χ4n) is 2.64. The number of hydrogen-bond donors (Lipinski definition) is 1. The van der Waals surface area contributed by atoms with Crippen LogP contribution in [0, 0.1) is 0 Å². The molecule has 1 N–H and O–H groups in total. The topological polar surface area (TPSA) is 20.2 Å². The lowest BCUT2D eigenvalue weighted by molar-refractivity contribution is 0.476. The summed E-state index contributed by atoms with van der Waals surface area (Å²) in [6.45, 7) is 4.48. The summed E-state index contributed by atoms with van der Waals surface area (Å²) in [4.78, 5) is 0. The Bertz CT molecular complexity index is 742. The van der Waals surface area contributed by atoms with Crippen molar-refractivity contribution in [3.05, 3.63) is 77.9 Å². The third-order valence-electron chi connectivity index (χ3n) is 4.04. The van der Waals surface area contributed by atoms with Crippen molar-refractivity contribution in [2.75, 3.05) is 0 Å². The highest BCUT2D eigenvalue weighted by Crippen LogP contribution is 2.33. The lowest BCUT2D eigenvalue weighted by Crippen LogP contribution is -2.18. The van der Waals surface area contributed by atoms with E-state index >= 15 is 0 Å². The summed E-state index contributed by atoms with van der Waals surface area (Å²) in [6.07, 6.45) is 0. The van der Waals surface area contributed by atoms with Gasteiger partial charge in [0.2, 0.25) is 0 Å². The number of aromatic hydroxyl groups is 1. The third kappa shape index (κ3) is 2.16. The fourth-order valence-corrected chi connectivity index (χ4v) is 2.64. The van der Waals surface area contributed by atoms with Gasteiger partial charge in [0.1, 0.15) is 5.75 Å². The predicted octanol–water partition coefficient (Wildman–Crippen LogP) is 4.87.